The molecule has 0 N–H and O–H groups in total. The van der Waals surface area contributed by atoms with E-state index in [9.17, 15) is 0 Å². The Labute approximate surface area is 64.4 Å². The van der Waals surface area contributed by atoms with Crippen molar-refractivity contribution in [2.75, 3.05) is 34.5 Å². The summed E-state index contributed by atoms with van der Waals surface area (Å²) in [5, 5.41) is 0. The first-order valence-corrected chi connectivity index (χ1v) is 3.80. The van der Waals surface area contributed by atoms with Gasteiger partial charge in [-0.05, 0) is 5.92 Å². The molecule has 0 aromatic rings. The third-order valence-corrected chi connectivity index (χ3v) is 0.930. The van der Waals surface area contributed by atoms with Crippen molar-refractivity contribution in [2.24, 2.45) is 5.92 Å². The van der Waals surface area contributed by atoms with Crippen molar-refractivity contribution in [1.82, 2.24) is 0 Å². The molecule has 0 fully saturated rings. The maximum atomic E-state index is 5.43. The maximum Gasteiger partial charge on any atom is 0.182 e. The third kappa shape index (κ3) is 7.92. The zero-order valence-electron chi connectivity index (χ0n) is 7.85. The van der Waals surface area contributed by atoms with Crippen LogP contribution in [0.3, 0.4) is 0 Å². The minimum absolute atomic E-state index is 0.645. The normalized spacial score (nSPS) is 12.6. The minimum atomic E-state index is 0.645. The molecule has 2 heteroatoms. The van der Waals surface area contributed by atoms with Crippen LogP contribution in [0.1, 0.15) is 13.8 Å². The Morgan fingerprint density at radius 3 is 2.00 bits per heavy atom. The van der Waals surface area contributed by atoms with Gasteiger partial charge >= 0.3 is 0 Å². The second-order valence-electron chi connectivity index (χ2n) is 4.18. The lowest BCUT2D eigenvalue weighted by atomic mass is 10.2. The molecule has 0 aromatic carbocycles. The van der Waals surface area contributed by atoms with Crippen LogP contribution in [0.15, 0.2) is 0 Å². The summed E-state index contributed by atoms with van der Waals surface area (Å²) in [6.45, 7) is 6.00. The molecule has 0 unspecified atom stereocenters. The van der Waals surface area contributed by atoms with E-state index < -0.39 is 0 Å². The van der Waals surface area contributed by atoms with E-state index in [1.807, 2.05) is 0 Å². The first kappa shape index (κ1) is 9.92. The summed E-state index contributed by atoms with van der Waals surface area (Å²) in [6.07, 6.45) is 0. The van der Waals surface area contributed by atoms with Crippen LogP contribution in [0.2, 0.25) is 0 Å². The Balaban J connectivity index is 3.21. The van der Waals surface area contributed by atoms with Gasteiger partial charge in [-0.3, -0.25) is 0 Å². The molecule has 0 bridgehead atoms. The van der Waals surface area contributed by atoms with Crippen LogP contribution in [0, 0.1) is 5.92 Å². The first-order chi connectivity index (χ1) is 4.42. The van der Waals surface area contributed by atoms with Gasteiger partial charge in [0, 0.05) is 0 Å². The lowest BCUT2D eigenvalue weighted by Crippen LogP contribution is -2.37. The molecular weight excluding hydrogens is 126 g/mol. The van der Waals surface area contributed by atoms with E-state index in [4.69, 9.17) is 4.74 Å². The van der Waals surface area contributed by atoms with Gasteiger partial charge in [0.2, 0.25) is 0 Å². The second-order valence-corrected chi connectivity index (χ2v) is 4.18. The van der Waals surface area contributed by atoms with Gasteiger partial charge in [0.1, 0.15) is 0 Å². The predicted octanol–water partition coefficient (Wildman–Crippen LogP) is 1.32. The third-order valence-electron chi connectivity index (χ3n) is 0.930. The summed E-state index contributed by atoms with van der Waals surface area (Å²) in [4.78, 5) is 0. The SMILES string of the molecule is CC(C)COC[N+](C)(C)C. The van der Waals surface area contributed by atoms with E-state index in [2.05, 4.69) is 35.0 Å². The fourth-order valence-electron chi connectivity index (χ4n) is 0.562. The molecule has 0 radical (unpaired) electrons. The lowest BCUT2D eigenvalue weighted by molar-refractivity contribution is -0.890. The van der Waals surface area contributed by atoms with Gasteiger partial charge < -0.3 is 9.22 Å². The number of rotatable bonds is 4. The van der Waals surface area contributed by atoms with Gasteiger partial charge in [0.25, 0.3) is 0 Å². The van der Waals surface area contributed by atoms with Crippen LogP contribution in [0.25, 0.3) is 0 Å². The molecule has 0 atom stereocenters. The highest BCUT2D eigenvalue weighted by molar-refractivity contribution is 4.36. The summed E-state index contributed by atoms with van der Waals surface area (Å²) in [5.41, 5.74) is 0. The Morgan fingerprint density at radius 2 is 1.70 bits per heavy atom. The Morgan fingerprint density at radius 1 is 1.20 bits per heavy atom. The average Bonchev–Trinajstić information content (AvgIpc) is 1.59. The van der Waals surface area contributed by atoms with Crippen molar-refractivity contribution in [1.29, 1.82) is 0 Å². The van der Waals surface area contributed by atoms with Crippen molar-refractivity contribution in [3.63, 3.8) is 0 Å². The van der Waals surface area contributed by atoms with Crippen LogP contribution in [0.5, 0.6) is 0 Å². The molecule has 0 aliphatic carbocycles. The van der Waals surface area contributed by atoms with E-state index in [-0.39, 0.29) is 0 Å². The molecule has 0 aliphatic rings. The highest BCUT2D eigenvalue weighted by atomic mass is 16.5. The first-order valence-electron chi connectivity index (χ1n) is 3.80. The topological polar surface area (TPSA) is 9.23 Å². The van der Waals surface area contributed by atoms with Crippen LogP contribution in [-0.4, -0.2) is 39.0 Å². The van der Waals surface area contributed by atoms with Crippen molar-refractivity contribution < 1.29 is 9.22 Å². The summed E-state index contributed by atoms with van der Waals surface area (Å²) in [6, 6.07) is 0. The molecule has 0 spiro atoms. The number of hydrogen-bond acceptors (Lipinski definition) is 1. The van der Waals surface area contributed by atoms with Crippen molar-refractivity contribution in [3.8, 4) is 0 Å². The van der Waals surface area contributed by atoms with Gasteiger partial charge in [-0.25, -0.2) is 0 Å². The van der Waals surface area contributed by atoms with E-state index >= 15 is 0 Å². The van der Waals surface area contributed by atoms with Gasteiger partial charge in [-0.15, -0.1) is 0 Å². The molecule has 62 valence electrons. The highest BCUT2D eigenvalue weighted by Gasteiger charge is 2.05. The van der Waals surface area contributed by atoms with Crippen LogP contribution in [-0.2, 0) is 4.74 Å². The molecule has 0 saturated carbocycles. The molecule has 0 heterocycles. The standard InChI is InChI=1S/C8H20NO/c1-8(2)6-10-7-9(3,4)5/h8H,6-7H2,1-5H3/q+1. The zero-order valence-corrected chi connectivity index (χ0v) is 7.85. The van der Waals surface area contributed by atoms with E-state index in [1.165, 1.54) is 0 Å². The maximum absolute atomic E-state index is 5.43. The molecule has 2 nitrogen and oxygen atoms in total. The largest absolute Gasteiger partial charge is 0.331 e. The number of hydrogen-bond donors (Lipinski definition) is 0. The fourth-order valence-corrected chi connectivity index (χ4v) is 0.562. The van der Waals surface area contributed by atoms with Crippen LogP contribution in [0.4, 0.5) is 0 Å². The fraction of sp³-hybridized carbons (Fsp3) is 1.00. The van der Waals surface area contributed by atoms with Crippen molar-refractivity contribution >= 4 is 0 Å². The Kier molecular flexibility index (Phi) is 3.91. The monoisotopic (exact) mass is 146 g/mol. The lowest BCUT2D eigenvalue weighted by Gasteiger charge is -2.23. The van der Waals surface area contributed by atoms with Gasteiger partial charge in [0.15, 0.2) is 6.73 Å². The van der Waals surface area contributed by atoms with Crippen molar-refractivity contribution in [2.45, 2.75) is 13.8 Å². The molecular formula is C8H20NO+. The molecule has 0 rings (SSSR count). The van der Waals surface area contributed by atoms with Gasteiger partial charge in [-0.1, -0.05) is 13.8 Å². The van der Waals surface area contributed by atoms with Crippen LogP contribution >= 0.6 is 0 Å². The van der Waals surface area contributed by atoms with Gasteiger partial charge in [-0.2, -0.15) is 0 Å². The number of nitrogens with zero attached hydrogens (tertiary/aromatic N) is 1. The number of quaternary nitrogens is 1. The smallest absolute Gasteiger partial charge is 0.182 e. The summed E-state index contributed by atoms with van der Waals surface area (Å²) >= 11 is 0. The molecule has 0 aromatic heterocycles. The summed E-state index contributed by atoms with van der Waals surface area (Å²) in [7, 11) is 6.38. The molecule has 0 saturated heterocycles. The summed E-state index contributed by atoms with van der Waals surface area (Å²) in [5.74, 6) is 0.645. The van der Waals surface area contributed by atoms with E-state index in [1.54, 1.807) is 0 Å². The van der Waals surface area contributed by atoms with Gasteiger partial charge in [0.05, 0.1) is 27.7 Å². The average molecular weight is 146 g/mol. The second kappa shape index (κ2) is 3.94. The number of ether oxygens (including phenoxy) is 1. The predicted molar refractivity (Wildman–Crippen MR) is 43.7 cm³/mol. The zero-order chi connectivity index (χ0) is 8.20. The summed E-state index contributed by atoms with van der Waals surface area (Å²) < 4.78 is 6.31. The van der Waals surface area contributed by atoms with Crippen LogP contribution < -0.4 is 0 Å². The molecule has 0 aliphatic heterocycles. The molecule has 10 heavy (non-hydrogen) atoms. The van der Waals surface area contributed by atoms with Crippen molar-refractivity contribution in [3.05, 3.63) is 0 Å². The van der Waals surface area contributed by atoms with E-state index in [0.717, 1.165) is 17.8 Å². The Hall–Kier alpha value is -0.0800. The molecule has 0 amide bonds. The highest BCUT2D eigenvalue weighted by Crippen LogP contribution is 1.95. The quantitative estimate of drug-likeness (QED) is 0.429. The van der Waals surface area contributed by atoms with E-state index in [0.29, 0.717) is 5.92 Å². The Bertz CT molecular complexity index is 83.7. The minimum Gasteiger partial charge on any atom is -0.331 e.